The van der Waals surface area contributed by atoms with Crippen molar-refractivity contribution in [3.05, 3.63) is 47.3 Å². The van der Waals surface area contributed by atoms with Crippen LogP contribution in [0.25, 0.3) is 0 Å². The Labute approximate surface area is 143 Å². The van der Waals surface area contributed by atoms with Crippen molar-refractivity contribution in [2.24, 2.45) is 0 Å². The summed E-state index contributed by atoms with van der Waals surface area (Å²) in [6.45, 7) is 6.40. The van der Waals surface area contributed by atoms with Crippen LogP contribution in [-0.2, 0) is 11.3 Å². The topological polar surface area (TPSA) is 51.1 Å². The molecule has 0 bridgehead atoms. The van der Waals surface area contributed by atoms with Gasteiger partial charge < -0.3 is 15.4 Å². The van der Waals surface area contributed by atoms with Crippen molar-refractivity contribution < 1.29 is 4.74 Å². The van der Waals surface area contributed by atoms with Crippen molar-refractivity contribution in [2.45, 2.75) is 26.8 Å². The predicted octanol–water partition coefficient (Wildman–Crippen LogP) is 2.87. The lowest BCUT2D eigenvalue weighted by atomic mass is 10.2. The lowest BCUT2D eigenvalue weighted by Gasteiger charge is -2.11. The second-order valence-electron chi connectivity index (χ2n) is 5.51. The highest BCUT2D eigenvalue weighted by Crippen LogP contribution is 2.12. The number of anilines is 1. The van der Waals surface area contributed by atoms with E-state index in [9.17, 15) is 0 Å². The molecule has 2 rings (SSSR count). The molecule has 0 saturated heterocycles. The molecule has 124 valence electrons. The largest absolute Gasteiger partial charge is 0.385 e. The molecule has 23 heavy (non-hydrogen) atoms. The summed E-state index contributed by atoms with van der Waals surface area (Å²) in [5.74, 6) is 0. The average molecular weight is 332 g/mol. The molecule has 5 nitrogen and oxygen atoms in total. The van der Waals surface area contributed by atoms with Gasteiger partial charge in [0.05, 0.1) is 12.2 Å². The summed E-state index contributed by atoms with van der Waals surface area (Å²) >= 11 is 5.27. The minimum atomic E-state index is 0.632. The molecule has 6 heteroatoms. The first kappa shape index (κ1) is 17.4. The highest BCUT2D eigenvalue weighted by Gasteiger charge is 2.03. The number of nitrogens with zero attached hydrogens (tertiary/aromatic N) is 2. The Morgan fingerprint density at radius 2 is 2.00 bits per heavy atom. The van der Waals surface area contributed by atoms with Gasteiger partial charge in [-0.25, -0.2) is 0 Å². The highest BCUT2D eigenvalue weighted by molar-refractivity contribution is 7.80. The first-order valence-electron chi connectivity index (χ1n) is 7.72. The number of hydrogen-bond acceptors (Lipinski definition) is 3. The van der Waals surface area contributed by atoms with Crippen LogP contribution in [0.4, 0.5) is 5.69 Å². The maximum Gasteiger partial charge on any atom is 0.170 e. The van der Waals surface area contributed by atoms with Gasteiger partial charge in [-0.05, 0) is 56.2 Å². The summed E-state index contributed by atoms with van der Waals surface area (Å²) in [4.78, 5) is 0. The number of aromatic nitrogens is 2. The van der Waals surface area contributed by atoms with Crippen LogP contribution in [0.2, 0.25) is 0 Å². The van der Waals surface area contributed by atoms with Gasteiger partial charge in [-0.15, -0.1) is 0 Å². The molecule has 0 atom stereocenters. The lowest BCUT2D eigenvalue weighted by molar-refractivity contribution is 0.196. The smallest absolute Gasteiger partial charge is 0.170 e. The van der Waals surface area contributed by atoms with Gasteiger partial charge >= 0.3 is 0 Å². The van der Waals surface area contributed by atoms with Gasteiger partial charge in [0.2, 0.25) is 0 Å². The third kappa shape index (κ3) is 5.65. The van der Waals surface area contributed by atoms with E-state index in [1.165, 1.54) is 11.3 Å². The standard InChI is InChI=1S/C17H24N4OS/c1-13-11-14(2)21(20-13)12-15-5-7-16(8-6-15)19-17(23)18-9-4-10-22-3/h5-8,11H,4,9-10,12H2,1-3H3,(H2,18,19,23). The number of rotatable bonds is 7. The van der Waals surface area contributed by atoms with Crippen molar-refractivity contribution in [1.29, 1.82) is 0 Å². The number of thiocarbonyl (C=S) groups is 1. The van der Waals surface area contributed by atoms with Crippen molar-refractivity contribution in [3.8, 4) is 0 Å². The fourth-order valence-electron chi connectivity index (χ4n) is 2.30. The maximum atomic E-state index is 5.27. The summed E-state index contributed by atoms with van der Waals surface area (Å²) in [6, 6.07) is 10.3. The van der Waals surface area contributed by atoms with Crippen LogP contribution in [0.15, 0.2) is 30.3 Å². The molecule has 2 aromatic rings. The van der Waals surface area contributed by atoms with Gasteiger partial charge in [0.1, 0.15) is 0 Å². The molecular formula is C17H24N4OS. The Bertz CT molecular complexity index is 637. The molecule has 2 N–H and O–H groups in total. The van der Waals surface area contributed by atoms with E-state index in [0.29, 0.717) is 5.11 Å². The van der Waals surface area contributed by atoms with E-state index in [-0.39, 0.29) is 0 Å². The molecule has 0 fully saturated rings. The summed E-state index contributed by atoms with van der Waals surface area (Å²) in [5.41, 5.74) is 4.41. The van der Waals surface area contributed by atoms with Gasteiger partial charge in [0.25, 0.3) is 0 Å². The first-order valence-corrected chi connectivity index (χ1v) is 8.13. The van der Waals surface area contributed by atoms with Crippen molar-refractivity contribution in [2.75, 3.05) is 25.6 Å². The van der Waals surface area contributed by atoms with E-state index in [4.69, 9.17) is 17.0 Å². The SMILES string of the molecule is COCCCNC(=S)Nc1ccc(Cn2nc(C)cc2C)cc1. The van der Waals surface area contributed by atoms with Gasteiger partial charge in [0.15, 0.2) is 5.11 Å². The fourth-order valence-corrected chi connectivity index (χ4v) is 2.52. The minimum Gasteiger partial charge on any atom is -0.385 e. The number of aryl methyl sites for hydroxylation is 2. The Balaban J connectivity index is 1.84. The molecule has 0 amide bonds. The van der Waals surface area contributed by atoms with Crippen LogP contribution in [0.3, 0.4) is 0 Å². The highest BCUT2D eigenvalue weighted by atomic mass is 32.1. The molecule has 0 aliphatic heterocycles. The van der Waals surface area contributed by atoms with Gasteiger partial charge in [0, 0.05) is 31.6 Å². The molecule has 0 unspecified atom stereocenters. The third-order valence-corrected chi connectivity index (χ3v) is 3.70. The van der Waals surface area contributed by atoms with E-state index in [1.807, 2.05) is 23.7 Å². The van der Waals surface area contributed by atoms with E-state index < -0.39 is 0 Å². The predicted molar refractivity (Wildman–Crippen MR) is 98.0 cm³/mol. The summed E-state index contributed by atoms with van der Waals surface area (Å²) < 4.78 is 7.02. The van der Waals surface area contributed by atoms with Crippen LogP contribution < -0.4 is 10.6 Å². The average Bonchev–Trinajstić information content (AvgIpc) is 2.83. The first-order chi connectivity index (χ1) is 11.1. The van der Waals surface area contributed by atoms with Crippen LogP contribution in [0, 0.1) is 13.8 Å². The number of benzene rings is 1. The Morgan fingerprint density at radius 1 is 1.26 bits per heavy atom. The minimum absolute atomic E-state index is 0.632. The second-order valence-corrected chi connectivity index (χ2v) is 5.92. The molecule has 1 aromatic heterocycles. The van der Waals surface area contributed by atoms with Crippen LogP contribution in [0.5, 0.6) is 0 Å². The molecule has 0 aliphatic rings. The normalized spacial score (nSPS) is 10.6. The molecule has 1 aromatic carbocycles. The Kier molecular flexibility index (Phi) is 6.55. The van der Waals surface area contributed by atoms with Crippen LogP contribution in [-0.4, -0.2) is 35.2 Å². The zero-order valence-corrected chi connectivity index (χ0v) is 14.7. The van der Waals surface area contributed by atoms with Crippen LogP contribution in [0.1, 0.15) is 23.4 Å². The van der Waals surface area contributed by atoms with E-state index in [1.54, 1.807) is 7.11 Å². The number of methoxy groups -OCH3 is 1. The van der Waals surface area contributed by atoms with Gasteiger partial charge in [-0.2, -0.15) is 5.10 Å². The van der Waals surface area contributed by atoms with Crippen molar-refractivity contribution in [1.82, 2.24) is 15.1 Å². The van der Waals surface area contributed by atoms with Crippen molar-refractivity contribution in [3.63, 3.8) is 0 Å². The van der Waals surface area contributed by atoms with E-state index in [0.717, 1.165) is 37.5 Å². The Hall–Kier alpha value is -1.92. The molecular weight excluding hydrogens is 308 g/mol. The monoisotopic (exact) mass is 332 g/mol. The summed E-state index contributed by atoms with van der Waals surface area (Å²) in [5, 5.41) is 11.5. The molecule has 0 spiro atoms. The lowest BCUT2D eigenvalue weighted by Crippen LogP contribution is -2.29. The fraction of sp³-hybridized carbons (Fsp3) is 0.412. The van der Waals surface area contributed by atoms with E-state index >= 15 is 0 Å². The molecule has 0 saturated carbocycles. The maximum absolute atomic E-state index is 5.27. The van der Waals surface area contributed by atoms with Crippen molar-refractivity contribution >= 4 is 23.0 Å². The molecule has 0 radical (unpaired) electrons. The zero-order chi connectivity index (χ0) is 16.7. The number of nitrogens with one attached hydrogen (secondary N) is 2. The van der Waals surface area contributed by atoms with Crippen LogP contribution >= 0.6 is 12.2 Å². The summed E-state index contributed by atoms with van der Waals surface area (Å²) in [6.07, 6.45) is 0.930. The third-order valence-electron chi connectivity index (χ3n) is 3.46. The second kappa shape index (κ2) is 8.64. The molecule has 0 aliphatic carbocycles. The number of ether oxygens (including phenoxy) is 1. The van der Waals surface area contributed by atoms with Gasteiger partial charge in [-0.1, -0.05) is 12.1 Å². The number of hydrogen-bond donors (Lipinski definition) is 2. The van der Waals surface area contributed by atoms with Gasteiger partial charge in [-0.3, -0.25) is 4.68 Å². The van der Waals surface area contributed by atoms with E-state index in [2.05, 4.69) is 40.9 Å². The summed E-state index contributed by atoms with van der Waals surface area (Å²) in [7, 11) is 1.70. The Morgan fingerprint density at radius 3 is 2.61 bits per heavy atom. The quantitative estimate of drug-likeness (QED) is 0.603. The zero-order valence-electron chi connectivity index (χ0n) is 13.9. The molecule has 1 heterocycles.